The normalized spacial score (nSPS) is 12.9. The number of nitrogens with two attached hydrogens (primary N) is 1. The van der Waals surface area contributed by atoms with E-state index < -0.39 is 0 Å². The quantitative estimate of drug-likeness (QED) is 0.631. The molecule has 0 bridgehead atoms. The standard InChI is InChI=1S/C9H11BFN/c1-6(12)4-7-5-8(11)2-3-9(7)10/h2-3,5-6H,4,12H2,1H3/t6-/m0/s1. The van der Waals surface area contributed by atoms with Gasteiger partial charge in [-0.1, -0.05) is 17.1 Å². The van der Waals surface area contributed by atoms with Crippen molar-refractivity contribution < 1.29 is 4.39 Å². The zero-order valence-corrected chi connectivity index (χ0v) is 7.05. The number of benzene rings is 1. The predicted octanol–water partition coefficient (Wildman–Crippen LogP) is 0.509. The first-order valence-corrected chi connectivity index (χ1v) is 3.89. The van der Waals surface area contributed by atoms with Crippen molar-refractivity contribution in [2.24, 2.45) is 5.73 Å². The van der Waals surface area contributed by atoms with Crippen LogP contribution in [0.15, 0.2) is 18.2 Å². The average molecular weight is 163 g/mol. The van der Waals surface area contributed by atoms with Gasteiger partial charge in [0.1, 0.15) is 13.7 Å². The molecule has 12 heavy (non-hydrogen) atoms. The molecule has 1 aromatic rings. The zero-order chi connectivity index (χ0) is 9.14. The molecule has 2 N–H and O–H groups in total. The molecule has 1 nitrogen and oxygen atoms in total. The highest BCUT2D eigenvalue weighted by Crippen LogP contribution is 2.02. The molecule has 1 aromatic carbocycles. The maximum absolute atomic E-state index is 12.7. The first kappa shape index (κ1) is 9.26. The Bertz CT molecular complexity index is 273. The number of hydrogen-bond acceptors (Lipinski definition) is 1. The van der Waals surface area contributed by atoms with Crippen LogP contribution >= 0.6 is 0 Å². The Balaban J connectivity index is 2.90. The fourth-order valence-corrected chi connectivity index (χ4v) is 1.10. The molecule has 0 aliphatic heterocycles. The summed E-state index contributed by atoms with van der Waals surface area (Å²) in [5, 5.41) is 0. The molecule has 2 radical (unpaired) electrons. The fourth-order valence-electron chi connectivity index (χ4n) is 1.10. The van der Waals surface area contributed by atoms with Gasteiger partial charge >= 0.3 is 0 Å². The lowest BCUT2D eigenvalue weighted by molar-refractivity contribution is 0.623. The third-order valence-corrected chi connectivity index (χ3v) is 1.65. The van der Waals surface area contributed by atoms with Gasteiger partial charge in [0, 0.05) is 6.04 Å². The lowest BCUT2D eigenvalue weighted by Crippen LogP contribution is -2.22. The molecule has 62 valence electrons. The second-order valence-corrected chi connectivity index (χ2v) is 3.02. The van der Waals surface area contributed by atoms with Crippen molar-refractivity contribution in [3.8, 4) is 0 Å². The molecule has 1 atom stereocenters. The summed E-state index contributed by atoms with van der Waals surface area (Å²) in [4.78, 5) is 0. The molecule has 0 saturated carbocycles. The van der Waals surface area contributed by atoms with Crippen LogP contribution in [-0.2, 0) is 6.42 Å². The van der Waals surface area contributed by atoms with E-state index in [1.165, 1.54) is 12.1 Å². The molecule has 0 saturated heterocycles. The van der Waals surface area contributed by atoms with Gasteiger partial charge in [-0.2, -0.15) is 0 Å². The molecule has 0 amide bonds. The van der Waals surface area contributed by atoms with Crippen molar-refractivity contribution in [3.63, 3.8) is 0 Å². The van der Waals surface area contributed by atoms with Crippen molar-refractivity contribution in [2.75, 3.05) is 0 Å². The lowest BCUT2D eigenvalue weighted by Gasteiger charge is -2.08. The van der Waals surface area contributed by atoms with Gasteiger partial charge < -0.3 is 5.73 Å². The predicted molar refractivity (Wildman–Crippen MR) is 49.1 cm³/mol. The number of rotatable bonds is 2. The smallest absolute Gasteiger partial charge is 0.123 e. The fraction of sp³-hybridized carbons (Fsp3) is 0.333. The molecule has 0 aliphatic rings. The SMILES string of the molecule is [B]c1ccc(F)cc1C[C@H](C)N. The van der Waals surface area contributed by atoms with Gasteiger partial charge in [0.2, 0.25) is 0 Å². The number of halogens is 1. The Morgan fingerprint density at radius 3 is 2.83 bits per heavy atom. The summed E-state index contributed by atoms with van der Waals surface area (Å²) in [6, 6.07) is 4.35. The van der Waals surface area contributed by atoms with Gasteiger partial charge in [0.25, 0.3) is 0 Å². The first-order chi connectivity index (χ1) is 5.59. The summed E-state index contributed by atoms with van der Waals surface area (Å²) in [5.74, 6) is -0.264. The highest BCUT2D eigenvalue weighted by molar-refractivity contribution is 6.33. The molecule has 0 heterocycles. The zero-order valence-electron chi connectivity index (χ0n) is 7.05. The van der Waals surface area contributed by atoms with Crippen molar-refractivity contribution in [1.29, 1.82) is 0 Å². The van der Waals surface area contributed by atoms with E-state index in [0.717, 1.165) is 5.56 Å². The van der Waals surface area contributed by atoms with Gasteiger partial charge in [-0.15, -0.1) is 0 Å². The van der Waals surface area contributed by atoms with Crippen LogP contribution in [0.2, 0.25) is 0 Å². The van der Waals surface area contributed by atoms with Crippen LogP contribution < -0.4 is 11.2 Å². The number of hydrogen-bond donors (Lipinski definition) is 1. The van der Waals surface area contributed by atoms with Crippen LogP contribution in [0.1, 0.15) is 12.5 Å². The van der Waals surface area contributed by atoms with Crippen molar-refractivity contribution in [1.82, 2.24) is 0 Å². The van der Waals surface area contributed by atoms with E-state index in [9.17, 15) is 4.39 Å². The molecular weight excluding hydrogens is 152 g/mol. The van der Waals surface area contributed by atoms with Gasteiger partial charge in [0.15, 0.2) is 0 Å². The van der Waals surface area contributed by atoms with Crippen molar-refractivity contribution >= 4 is 13.3 Å². The highest BCUT2D eigenvalue weighted by atomic mass is 19.1. The summed E-state index contributed by atoms with van der Waals surface area (Å²) < 4.78 is 12.7. The van der Waals surface area contributed by atoms with Crippen molar-refractivity contribution in [2.45, 2.75) is 19.4 Å². The molecule has 3 heteroatoms. The molecule has 0 aliphatic carbocycles. The molecule has 0 aromatic heterocycles. The summed E-state index contributed by atoms with van der Waals surface area (Å²) >= 11 is 0. The Morgan fingerprint density at radius 1 is 1.58 bits per heavy atom. The second-order valence-electron chi connectivity index (χ2n) is 3.02. The van der Waals surface area contributed by atoms with Gasteiger partial charge in [0.05, 0.1) is 0 Å². The molecule has 1 rings (SSSR count). The largest absolute Gasteiger partial charge is 0.328 e. The summed E-state index contributed by atoms with van der Waals surface area (Å²) in [7, 11) is 5.62. The lowest BCUT2D eigenvalue weighted by atomic mass is 9.88. The third kappa shape index (κ3) is 2.34. The third-order valence-electron chi connectivity index (χ3n) is 1.65. The van der Waals surface area contributed by atoms with E-state index in [1.807, 2.05) is 6.92 Å². The van der Waals surface area contributed by atoms with Gasteiger partial charge in [-0.3, -0.25) is 0 Å². The van der Waals surface area contributed by atoms with Crippen LogP contribution in [0, 0.1) is 5.82 Å². The van der Waals surface area contributed by atoms with E-state index in [0.29, 0.717) is 11.9 Å². The Hall–Kier alpha value is -0.825. The maximum atomic E-state index is 12.7. The minimum Gasteiger partial charge on any atom is -0.328 e. The van der Waals surface area contributed by atoms with Crippen LogP contribution in [0.5, 0.6) is 0 Å². The van der Waals surface area contributed by atoms with Gasteiger partial charge in [-0.05, 0) is 25.5 Å². The first-order valence-electron chi connectivity index (χ1n) is 3.89. The monoisotopic (exact) mass is 163 g/mol. The van der Waals surface area contributed by atoms with E-state index in [2.05, 4.69) is 0 Å². The Kier molecular flexibility index (Phi) is 2.87. The average Bonchev–Trinajstić information content (AvgIpc) is 1.96. The molecular formula is C9H11BFN. The molecule has 0 fully saturated rings. The summed E-state index contributed by atoms with van der Waals surface area (Å²) in [6.07, 6.45) is 0.615. The van der Waals surface area contributed by atoms with Crippen LogP contribution in [0.4, 0.5) is 4.39 Å². The Morgan fingerprint density at radius 2 is 2.25 bits per heavy atom. The van der Waals surface area contributed by atoms with E-state index in [1.54, 1.807) is 6.07 Å². The summed E-state index contributed by atoms with van der Waals surface area (Å²) in [5.41, 5.74) is 6.95. The van der Waals surface area contributed by atoms with Crippen LogP contribution in [0.3, 0.4) is 0 Å². The maximum Gasteiger partial charge on any atom is 0.123 e. The summed E-state index contributed by atoms with van der Waals surface area (Å²) in [6.45, 7) is 1.87. The molecule has 0 unspecified atom stereocenters. The van der Waals surface area contributed by atoms with E-state index >= 15 is 0 Å². The van der Waals surface area contributed by atoms with Crippen molar-refractivity contribution in [3.05, 3.63) is 29.6 Å². The molecule has 0 spiro atoms. The van der Waals surface area contributed by atoms with E-state index in [4.69, 9.17) is 13.6 Å². The Labute approximate surface area is 73.2 Å². The topological polar surface area (TPSA) is 26.0 Å². The second kappa shape index (κ2) is 3.72. The van der Waals surface area contributed by atoms with Gasteiger partial charge in [-0.25, -0.2) is 4.39 Å². The van der Waals surface area contributed by atoms with E-state index in [-0.39, 0.29) is 11.9 Å². The van der Waals surface area contributed by atoms with Crippen LogP contribution in [0.25, 0.3) is 0 Å². The minimum absolute atomic E-state index is 0.00843. The minimum atomic E-state index is -0.264. The van der Waals surface area contributed by atoms with Crippen LogP contribution in [-0.4, -0.2) is 13.9 Å². The highest BCUT2D eigenvalue weighted by Gasteiger charge is 2.02.